The minimum absolute atomic E-state index is 0. The fourth-order valence-electron chi connectivity index (χ4n) is 4.45. The quantitative estimate of drug-likeness (QED) is 0.561. The van der Waals surface area contributed by atoms with E-state index in [1.54, 1.807) is 0 Å². The van der Waals surface area contributed by atoms with Crippen LogP contribution in [0.25, 0.3) is 0 Å². The average Bonchev–Trinajstić information content (AvgIpc) is 1.98. The number of rotatable bonds is 1. The van der Waals surface area contributed by atoms with E-state index in [1.807, 2.05) is 0 Å². The molecule has 4 atom stereocenters. The molecule has 2 unspecified atom stereocenters. The number of hydrogen-bond donors (Lipinski definition) is 1. The van der Waals surface area contributed by atoms with E-state index in [0.29, 0.717) is 18.3 Å². The summed E-state index contributed by atoms with van der Waals surface area (Å²) in [6.45, 7) is 0. The summed E-state index contributed by atoms with van der Waals surface area (Å²) in [6.07, 6.45) is 4.69. The molecule has 0 saturated heterocycles. The van der Waals surface area contributed by atoms with Crippen molar-refractivity contribution in [2.75, 3.05) is 0 Å². The van der Waals surface area contributed by atoms with Crippen LogP contribution in [0.4, 0.5) is 0 Å². The maximum absolute atomic E-state index is 11.2. The predicted molar refractivity (Wildman–Crippen MR) is 47.1 cm³/mol. The van der Waals surface area contributed by atoms with Crippen LogP contribution in [0.5, 0.6) is 0 Å². The molecule has 0 spiro atoms. The van der Waals surface area contributed by atoms with Gasteiger partial charge in [-0.25, -0.2) is 0 Å². The van der Waals surface area contributed by atoms with Gasteiger partial charge in [0, 0.05) is 11.4 Å². The molecule has 1 N–H and O–H groups in total. The number of carboxylic acid groups (broad SMARTS) is 1. The van der Waals surface area contributed by atoms with Crippen molar-refractivity contribution in [1.29, 1.82) is 0 Å². The van der Waals surface area contributed by atoms with Gasteiger partial charge in [0.2, 0.25) is 0 Å². The van der Waals surface area contributed by atoms with Gasteiger partial charge >= 0.3 is 68.9 Å². The molecule has 3 nitrogen and oxygen atoms in total. The third-order valence-electron chi connectivity index (χ3n) is 4.46. The molecule has 4 bridgehead atoms. The number of aliphatic hydroxyl groups is 1. The average molecular weight is 328 g/mol. The van der Waals surface area contributed by atoms with E-state index in [2.05, 4.69) is 0 Å². The molecule has 4 rings (SSSR count). The number of carboxylic acids is 1. The maximum atomic E-state index is 11.2. The smallest absolute Gasteiger partial charge is 0.550 e. The molecule has 4 heteroatoms. The number of carbonyl (C=O) groups excluding carboxylic acids is 1. The fraction of sp³-hybridized carbons (Fsp3) is 0.909. The first-order valence-electron chi connectivity index (χ1n) is 5.45. The van der Waals surface area contributed by atoms with E-state index >= 15 is 0 Å². The normalized spacial score (nSPS) is 51.3. The maximum Gasteiger partial charge on any atom is 1.00 e. The van der Waals surface area contributed by atoms with E-state index in [0.717, 1.165) is 32.1 Å². The number of carbonyl (C=O) groups is 1. The molecule has 0 heterocycles. The molecule has 0 radical (unpaired) electrons. The van der Waals surface area contributed by atoms with Gasteiger partial charge in [0.15, 0.2) is 0 Å². The van der Waals surface area contributed by atoms with Crippen LogP contribution in [0.2, 0.25) is 0 Å². The fourth-order valence-corrected chi connectivity index (χ4v) is 4.45. The second-order valence-electron chi connectivity index (χ2n) is 5.75. The Morgan fingerprint density at radius 1 is 1.20 bits per heavy atom. The standard InChI is InChI=1S/C11H16O3.Cs/c12-9(13)10-2-7-1-8(3-10)5-11(14,4-7)6-10;/h7-8,14H,1-6H2,(H,12,13);/q;+1/p-1/t7-,8+,10?,11?;. The Bertz CT molecular complexity index is 288. The zero-order valence-corrected chi connectivity index (χ0v) is 15.4. The molecule has 0 aromatic heterocycles. The Balaban J connectivity index is 0.000000853. The van der Waals surface area contributed by atoms with Crippen molar-refractivity contribution < 1.29 is 83.9 Å². The second-order valence-corrected chi connectivity index (χ2v) is 5.75. The largest absolute Gasteiger partial charge is 1.00 e. The molecular weight excluding hydrogens is 313 g/mol. The topological polar surface area (TPSA) is 60.4 Å². The first kappa shape index (κ1) is 12.9. The Labute approximate surface area is 148 Å². The Hall–Kier alpha value is 1.48. The molecular formula is C11H15CsO3. The van der Waals surface area contributed by atoms with Crippen LogP contribution in [0, 0.1) is 17.3 Å². The van der Waals surface area contributed by atoms with Crippen LogP contribution >= 0.6 is 0 Å². The molecule has 4 aliphatic carbocycles. The molecule has 0 aromatic rings. The molecule has 0 amide bonds. The summed E-state index contributed by atoms with van der Waals surface area (Å²) < 4.78 is 0. The van der Waals surface area contributed by atoms with Crippen LogP contribution < -0.4 is 74.0 Å². The molecule has 0 aliphatic heterocycles. The van der Waals surface area contributed by atoms with Gasteiger partial charge in [0.1, 0.15) is 0 Å². The minimum atomic E-state index is -0.926. The zero-order chi connectivity index (χ0) is 9.97. The second kappa shape index (κ2) is 4.00. The van der Waals surface area contributed by atoms with Crippen LogP contribution in [0.1, 0.15) is 38.5 Å². The molecule has 78 valence electrons. The van der Waals surface area contributed by atoms with Crippen molar-refractivity contribution in [2.45, 2.75) is 44.1 Å². The van der Waals surface area contributed by atoms with Crippen molar-refractivity contribution >= 4 is 5.97 Å². The van der Waals surface area contributed by atoms with E-state index in [1.165, 1.54) is 0 Å². The summed E-state index contributed by atoms with van der Waals surface area (Å²) in [5.74, 6) is -0.0664. The van der Waals surface area contributed by atoms with Crippen LogP contribution in [-0.4, -0.2) is 16.7 Å². The molecule has 4 aliphatic rings. The summed E-state index contributed by atoms with van der Waals surface area (Å²) >= 11 is 0. The third kappa shape index (κ3) is 2.00. The first-order chi connectivity index (χ1) is 6.51. The van der Waals surface area contributed by atoms with Crippen LogP contribution in [0.3, 0.4) is 0 Å². The van der Waals surface area contributed by atoms with Gasteiger partial charge < -0.3 is 15.0 Å². The number of aliphatic carboxylic acids is 1. The summed E-state index contributed by atoms with van der Waals surface area (Å²) in [7, 11) is 0. The zero-order valence-electron chi connectivity index (χ0n) is 9.16. The van der Waals surface area contributed by atoms with Crippen molar-refractivity contribution in [1.82, 2.24) is 0 Å². The minimum Gasteiger partial charge on any atom is -0.550 e. The van der Waals surface area contributed by atoms with Crippen LogP contribution in [-0.2, 0) is 4.79 Å². The van der Waals surface area contributed by atoms with E-state index in [9.17, 15) is 15.0 Å². The van der Waals surface area contributed by atoms with Gasteiger partial charge in [-0.3, -0.25) is 0 Å². The van der Waals surface area contributed by atoms with Gasteiger partial charge in [0.25, 0.3) is 0 Å². The predicted octanol–water partition coefficient (Wildman–Crippen LogP) is -2.93. The van der Waals surface area contributed by atoms with Gasteiger partial charge in [-0.1, -0.05) is 0 Å². The monoisotopic (exact) mass is 328 g/mol. The third-order valence-corrected chi connectivity index (χ3v) is 4.46. The van der Waals surface area contributed by atoms with Gasteiger partial charge in [-0.05, 0) is 50.4 Å². The Kier molecular flexibility index (Phi) is 3.45. The summed E-state index contributed by atoms with van der Waals surface area (Å²) in [5.41, 5.74) is -1.36. The van der Waals surface area contributed by atoms with Crippen molar-refractivity contribution in [3.63, 3.8) is 0 Å². The van der Waals surface area contributed by atoms with Crippen molar-refractivity contribution in [2.24, 2.45) is 17.3 Å². The van der Waals surface area contributed by atoms with Crippen LogP contribution in [0.15, 0.2) is 0 Å². The van der Waals surface area contributed by atoms with Gasteiger partial charge in [-0.2, -0.15) is 0 Å². The summed E-state index contributed by atoms with van der Waals surface area (Å²) in [6, 6.07) is 0. The van der Waals surface area contributed by atoms with Crippen molar-refractivity contribution in [3.8, 4) is 0 Å². The molecule has 0 aromatic carbocycles. The SMILES string of the molecule is O=C([O-])C12C[C@@H]3C[C@@H](CC(O)(C3)C1)C2.[Cs+]. The Morgan fingerprint density at radius 3 is 2.13 bits per heavy atom. The number of hydrogen-bond acceptors (Lipinski definition) is 3. The molecule has 4 fully saturated rings. The van der Waals surface area contributed by atoms with E-state index in [-0.39, 0.29) is 68.9 Å². The van der Waals surface area contributed by atoms with E-state index < -0.39 is 17.0 Å². The van der Waals surface area contributed by atoms with Gasteiger partial charge in [-0.15, -0.1) is 0 Å². The molecule has 15 heavy (non-hydrogen) atoms. The Morgan fingerprint density at radius 2 is 1.73 bits per heavy atom. The summed E-state index contributed by atoms with van der Waals surface area (Å²) in [5, 5.41) is 21.4. The van der Waals surface area contributed by atoms with E-state index in [4.69, 9.17) is 0 Å². The first-order valence-corrected chi connectivity index (χ1v) is 5.45. The van der Waals surface area contributed by atoms with Gasteiger partial charge in [0.05, 0.1) is 5.60 Å². The molecule has 4 saturated carbocycles. The van der Waals surface area contributed by atoms with Crippen molar-refractivity contribution in [3.05, 3.63) is 0 Å². The summed E-state index contributed by atoms with van der Waals surface area (Å²) in [4.78, 5) is 11.2.